The first-order valence-corrected chi connectivity index (χ1v) is 5.96. The summed E-state index contributed by atoms with van der Waals surface area (Å²) in [7, 11) is 0. The van der Waals surface area contributed by atoms with Gasteiger partial charge >= 0.3 is 0 Å². The maximum Gasteiger partial charge on any atom is -0.00258 e. The Balaban J connectivity index is 0.00000225. The predicted molar refractivity (Wildman–Crippen MR) is 74.4 cm³/mol. The standard InChI is InChI=1S/C14H23N.ClH/c1-12(2)11-15-10-9-13(3)14-7-5-4-6-8-14;/h4-8,12-13,15H,9-11H2,1-3H3;1H. The van der Waals surface area contributed by atoms with Crippen molar-refractivity contribution in [1.29, 1.82) is 0 Å². The quantitative estimate of drug-likeness (QED) is 0.746. The van der Waals surface area contributed by atoms with Gasteiger partial charge in [0.05, 0.1) is 0 Å². The van der Waals surface area contributed by atoms with Gasteiger partial charge in [0.15, 0.2) is 0 Å². The normalized spacial score (nSPS) is 12.2. The minimum absolute atomic E-state index is 0. The molecule has 0 fully saturated rings. The minimum Gasteiger partial charge on any atom is -0.316 e. The van der Waals surface area contributed by atoms with Crippen LogP contribution in [-0.2, 0) is 0 Å². The van der Waals surface area contributed by atoms with Crippen molar-refractivity contribution >= 4 is 12.4 Å². The summed E-state index contributed by atoms with van der Waals surface area (Å²) in [6, 6.07) is 10.7. The van der Waals surface area contributed by atoms with Gasteiger partial charge in [0.2, 0.25) is 0 Å². The zero-order valence-electron chi connectivity index (χ0n) is 10.6. The highest BCUT2D eigenvalue weighted by atomic mass is 35.5. The number of benzene rings is 1. The maximum absolute atomic E-state index is 3.49. The molecule has 0 aliphatic rings. The summed E-state index contributed by atoms with van der Waals surface area (Å²) in [5.41, 5.74) is 1.45. The van der Waals surface area contributed by atoms with Gasteiger partial charge in [0.1, 0.15) is 0 Å². The number of rotatable bonds is 6. The van der Waals surface area contributed by atoms with Crippen molar-refractivity contribution in [3.05, 3.63) is 35.9 Å². The molecule has 1 aromatic rings. The van der Waals surface area contributed by atoms with E-state index in [0.29, 0.717) is 5.92 Å². The molecule has 16 heavy (non-hydrogen) atoms. The lowest BCUT2D eigenvalue weighted by Crippen LogP contribution is -2.21. The molecule has 0 aliphatic carbocycles. The molecule has 0 bridgehead atoms. The number of hydrogen-bond acceptors (Lipinski definition) is 1. The first-order valence-electron chi connectivity index (χ1n) is 5.96. The first kappa shape index (κ1) is 15.5. The molecule has 0 saturated carbocycles. The van der Waals surface area contributed by atoms with Gasteiger partial charge in [0, 0.05) is 0 Å². The maximum atomic E-state index is 3.49. The summed E-state index contributed by atoms with van der Waals surface area (Å²) in [4.78, 5) is 0. The van der Waals surface area contributed by atoms with Crippen LogP contribution in [0.4, 0.5) is 0 Å². The van der Waals surface area contributed by atoms with Gasteiger partial charge < -0.3 is 5.32 Å². The molecule has 1 nitrogen and oxygen atoms in total. The second kappa shape index (κ2) is 8.60. The smallest absolute Gasteiger partial charge is 0.00258 e. The second-order valence-electron chi connectivity index (χ2n) is 4.70. The van der Waals surface area contributed by atoms with Crippen LogP contribution in [0.3, 0.4) is 0 Å². The highest BCUT2D eigenvalue weighted by Gasteiger charge is 2.03. The van der Waals surface area contributed by atoms with E-state index in [1.807, 2.05) is 0 Å². The molecule has 2 heteroatoms. The Bertz CT molecular complexity index is 259. The van der Waals surface area contributed by atoms with Gasteiger partial charge in [-0.25, -0.2) is 0 Å². The second-order valence-corrected chi connectivity index (χ2v) is 4.70. The highest BCUT2D eigenvalue weighted by molar-refractivity contribution is 5.85. The van der Waals surface area contributed by atoms with Crippen LogP contribution >= 0.6 is 12.4 Å². The molecule has 0 aromatic heterocycles. The average molecular weight is 242 g/mol. The summed E-state index contributed by atoms with van der Waals surface area (Å²) in [5.74, 6) is 1.41. The lowest BCUT2D eigenvalue weighted by atomic mass is 9.98. The monoisotopic (exact) mass is 241 g/mol. The molecule has 1 aromatic carbocycles. The predicted octanol–water partition coefficient (Wildman–Crippen LogP) is 3.85. The molecule has 1 N–H and O–H groups in total. The third-order valence-electron chi connectivity index (χ3n) is 2.68. The summed E-state index contributed by atoms with van der Waals surface area (Å²) >= 11 is 0. The van der Waals surface area contributed by atoms with Gasteiger partial charge in [-0.05, 0) is 36.9 Å². The molecule has 0 aliphatic heterocycles. The van der Waals surface area contributed by atoms with Crippen LogP contribution in [-0.4, -0.2) is 13.1 Å². The Labute approximate surface area is 106 Å². The van der Waals surface area contributed by atoms with Crippen LogP contribution in [0.25, 0.3) is 0 Å². The Morgan fingerprint density at radius 3 is 2.25 bits per heavy atom. The van der Waals surface area contributed by atoms with Gasteiger partial charge in [-0.2, -0.15) is 0 Å². The molecule has 92 valence electrons. The SMILES string of the molecule is CC(C)CNCCC(C)c1ccccc1.Cl. The third kappa shape index (κ3) is 6.14. The molecular formula is C14H24ClN. The van der Waals surface area contributed by atoms with Crippen LogP contribution in [0.1, 0.15) is 38.7 Å². The fraction of sp³-hybridized carbons (Fsp3) is 0.571. The van der Waals surface area contributed by atoms with Crippen molar-refractivity contribution in [3.8, 4) is 0 Å². The molecule has 0 radical (unpaired) electrons. The minimum atomic E-state index is 0. The fourth-order valence-corrected chi connectivity index (χ4v) is 1.66. The third-order valence-corrected chi connectivity index (χ3v) is 2.68. The topological polar surface area (TPSA) is 12.0 Å². The largest absolute Gasteiger partial charge is 0.316 e. The van der Waals surface area contributed by atoms with Crippen LogP contribution in [0, 0.1) is 5.92 Å². The van der Waals surface area contributed by atoms with E-state index in [9.17, 15) is 0 Å². The lowest BCUT2D eigenvalue weighted by molar-refractivity contribution is 0.525. The van der Waals surface area contributed by atoms with E-state index in [1.54, 1.807) is 0 Å². The molecule has 1 unspecified atom stereocenters. The zero-order valence-corrected chi connectivity index (χ0v) is 11.4. The number of nitrogens with one attached hydrogen (secondary N) is 1. The Morgan fingerprint density at radius 1 is 1.06 bits per heavy atom. The molecule has 1 rings (SSSR count). The Morgan fingerprint density at radius 2 is 1.69 bits per heavy atom. The van der Waals surface area contributed by atoms with E-state index in [-0.39, 0.29) is 12.4 Å². The summed E-state index contributed by atoms with van der Waals surface area (Å²) in [6.45, 7) is 9.03. The first-order chi connectivity index (χ1) is 7.20. The van der Waals surface area contributed by atoms with Gasteiger partial charge in [0.25, 0.3) is 0 Å². The molecule has 0 amide bonds. The fourth-order valence-electron chi connectivity index (χ4n) is 1.66. The average Bonchev–Trinajstić information content (AvgIpc) is 2.25. The van der Waals surface area contributed by atoms with Crippen molar-refractivity contribution in [1.82, 2.24) is 5.32 Å². The van der Waals surface area contributed by atoms with E-state index in [4.69, 9.17) is 0 Å². The Kier molecular flexibility index (Phi) is 8.32. The lowest BCUT2D eigenvalue weighted by Gasteiger charge is -2.13. The van der Waals surface area contributed by atoms with Crippen molar-refractivity contribution in [2.45, 2.75) is 33.1 Å². The van der Waals surface area contributed by atoms with Crippen molar-refractivity contribution in [2.24, 2.45) is 5.92 Å². The van der Waals surface area contributed by atoms with Crippen molar-refractivity contribution < 1.29 is 0 Å². The summed E-state index contributed by atoms with van der Waals surface area (Å²) in [6.07, 6.45) is 1.22. The van der Waals surface area contributed by atoms with E-state index in [1.165, 1.54) is 12.0 Å². The van der Waals surface area contributed by atoms with Crippen LogP contribution in [0.5, 0.6) is 0 Å². The van der Waals surface area contributed by atoms with E-state index >= 15 is 0 Å². The molecule has 0 spiro atoms. The molecule has 0 heterocycles. The van der Waals surface area contributed by atoms with Crippen molar-refractivity contribution in [3.63, 3.8) is 0 Å². The summed E-state index contributed by atoms with van der Waals surface area (Å²) < 4.78 is 0. The Hall–Kier alpha value is -0.530. The van der Waals surface area contributed by atoms with Gasteiger partial charge in [-0.3, -0.25) is 0 Å². The van der Waals surface area contributed by atoms with Crippen molar-refractivity contribution in [2.75, 3.05) is 13.1 Å². The molecule has 0 saturated heterocycles. The number of hydrogen-bond donors (Lipinski definition) is 1. The number of halogens is 1. The van der Waals surface area contributed by atoms with E-state index < -0.39 is 0 Å². The van der Waals surface area contributed by atoms with Gasteiger partial charge in [-0.1, -0.05) is 51.1 Å². The summed E-state index contributed by atoms with van der Waals surface area (Å²) in [5, 5.41) is 3.49. The van der Waals surface area contributed by atoms with Crippen LogP contribution in [0.2, 0.25) is 0 Å². The highest BCUT2D eigenvalue weighted by Crippen LogP contribution is 2.17. The zero-order chi connectivity index (χ0) is 11.1. The van der Waals surface area contributed by atoms with Crippen LogP contribution < -0.4 is 5.32 Å². The van der Waals surface area contributed by atoms with Gasteiger partial charge in [-0.15, -0.1) is 12.4 Å². The molecule has 1 atom stereocenters. The van der Waals surface area contributed by atoms with E-state index in [0.717, 1.165) is 19.0 Å². The van der Waals surface area contributed by atoms with Crippen LogP contribution in [0.15, 0.2) is 30.3 Å². The molecular weight excluding hydrogens is 218 g/mol. The van der Waals surface area contributed by atoms with E-state index in [2.05, 4.69) is 56.4 Å².